The van der Waals surface area contributed by atoms with Gasteiger partial charge in [-0.05, 0) is 36.6 Å². The van der Waals surface area contributed by atoms with E-state index in [0.717, 1.165) is 5.69 Å². The van der Waals surface area contributed by atoms with Crippen molar-refractivity contribution in [1.82, 2.24) is 0 Å². The zero-order valence-electron chi connectivity index (χ0n) is 10.1. The Morgan fingerprint density at radius 2 is 1.78 bits per heavy atom. The molecule has 0 amide bonds. The Hall–Kier alpha value is -1.81. The zero-order chi connectivity index (χ0) is 13.0. The van der Waals surface area contributed by atoms with Crippen LogP contribution in [0.5, 0.6) is 11.5 Å². The van der Waals surface area contributed by atoms with Gasteiger partial charge in [-0.2, -0.15) is 0 Å². The van der Waals surface area contributed by atoms with E-state index in [1.54, 1.807) is 23.9 Å². The number of hydrogen-bond acceptors (Lipinski definition) is 4. The lowest BCUT2D eigenvalue weighted by atomic mass is 10.2. The molecule has 0 heterocycles. The molecule has 4 heteroatoms. The van der Waals surface area contributed by atoms with E-state index < -0.39 is 0 Å². The standard InChI is InChI=1S/C14H15NO2S/c1-18-12-7-5-11(6-8-12)15-9-10-3-2-4-13(16)14(10)17/h2-8,15-17H,9H2,1H3. The Balaban J connectivity index is 2.04. The third-order valence-electron chi connectivity index (χ3n) is 2.67. The summed E-state index contributed by atoms with van der Waals surface area (Å²) in [5.74, 6) is -0.155. The van der Waals surface area contributed by atoms with Gasteiger partial charge in [0.25, 0.3) is 0 Å². The first-order valence-electron chi connectivity index (χ1n) is 5.58. The minimum absolute atomic E-state index is 0.0641. The lowest BCUT2D eigenvalue weighted by Crippen LogP contribution is -1.99. The van der Waals surface area contributed by atoms with Gasteiger partial charge in [-0.15, -0.1) is 11.8 Å². The van der Waals surface area contributed by atoms with Crippen LogP contribution in [0.3, 0.4) is 0 Å². The molecule has 0 radical (unpaired) electrons. The highest BCUT2D eigenvalue weighted by Gasteiger charge is 2.05. The van der Waals surface area contributed by atoms with Crippen molar-refractivity contribution in [3.8, 4) is 11.5 Å². The van der Waals surface area contributed by atoms with Crippen molar-refractivity contribution in [2.45, 2.75) is 11.4 Å². The summed E-state index contributed by atoms with van der Waals surface area (Å²) in [5, 5.41) is 22.2. The summed E-state index contributed by atoms with van der Waals surface area (Å²) in [6.07, 6.45) is 2.03. The highest BCUT2D eigenvalue weighted by Crippen LogP contribution is 2.28. The molecular weight excluding hydrogens is 246 g/mol. The highest BCUT2D eigenvalue weighted by molar-refractivity contribution is 7.98. The van der Waals surface area contributed by atoms with Crippen molar-refractivity contribution in [3.63, 3.8) is 0 Å². The molecule has 3 nitrogen and oxygen atoms in total. The van der Waals surface area contributed by atoms with Crippen molar-refractivity contribution < 1.29 is 10.2 Å². The summed E-state index contributed by atoms with van der Waals surface area (Å²) < 4.78 is 0. The first kappa shape index (κ1) is 12.6. The van der Waals surface area contributed by atoms with Crippen LogP contribution >= 0.6 is 11.8 Å². The molecule has 0 aliphatic carbocycles. The van der Waals surface area contributed by atoms with Crippen LogP contribution < -0.4 is 5.32 Å². The lowest BCUT2D eigenvalue weighted by molar-refractivity contribution is 0.400. The van der Waals surface area contributed by atoms with Crippen LogP contribution in [0.1, 0.15) is 5.56 Å². The molecule has 0 bridgehead atoms. The molecule has 2 rings (SSSR count). The summed E-state index contributed by atoms with van der Waals surface area (Å²) in [4.78, 5) is 1.21. The van der Waals surface area contributed by atoms with Gasteiger partial charge < -0.3 is 15.5 Å². The maximum absolute atomic E-state index is 9.66. The van der Waals surface area contributed by atoms with Gasteiger partial charge in [0.05, 0.1) is 0 Å². The third-order valence-corrected chi connectivity index (χ3v) is 3.41. The Kier molecular flexibility index (Phi) is 3.99. The fourth-order valence-corrected chi connectivity index (χ4v) is 2.03. The molecular formula is C14H15NO2S. The lowest BCUT2D eigenvalue weighted by Gasteiger charge is -2.09. The average Bonchev–Trinajstić information content (AvgIpc) is 2.41. The third kappa shape index (κ3) is 2.90. The van der Waals surface area contributed by atoms with Crippen molar-refractivity contribution in [3.05, 3.63) is 48.0 Å². The number of phenols is 2. The Morgan fingerprint density at radius 1 is 1.06 bits per heavy atom. The Labute approximate surface area is 110 Å². The predicted molar refractivity (Wildman–Crippen MR) is 75.3 cm³/mol. The fourth-order valence-electron chi connectivity index (χ4n) is 1.63. The second kappa shape index (κ2) is 5.69. The van der Waals surface area contributed by atoms with Gasteiger partial charge in [-0.3, -0.25) is 0 Å². The molecule has 0 aliphatic heterocycles. The predicted octanol–water partition coefficient (Wildman–Crippen LogP) is 3.43. The van der Waals surface area contributed by atoms with Gasteiger partial charge in [0.1, 0.15) is 0 Å². The van der Waals surface area contributed by atoms with E-state index in [2.05, 4.69) is 5.32 Å². The number of hydrogen-bond donors (Lipinski definition) is 3. The molecule has 2 aromatic rings. The molecule has 3 N–H and O–H groups in total. The van der Waals surface area contributed by atoms with E-state index >= 15 is 0 Å². The molecule has 0 fully saturated rings. The van der Waals surface area contributed by atoms with Crippen LogP contribution in [0.2, 0.25) is 0 Å². The van der Waals surface area contributed by atoms with Crippen molar-refractivity contribution in [1.29, 1.82) is 0 Å². The van der Waals surface area contributed by atoms with Crippen LogP contribution in [0.15, 0.2) is 47.4 Å². The monoisotopic (exact) mass is 261 g/mol. The van der Waals surface area contributed by atoms with E-state index in [-0.39, 0.29) is 11.5 Å². The number of anilines is 1. The fraction of sp³-hybridized carbons (Fsp3) is 0.143. The van der Waals surface area contributed by atoms with Crippen LogP contribution in [0.25, 0.3) is 0 Å². The average molecular weight is 261 g/mol. The second-order valence-electron chi connectivity index (χ2n) is 3.87. The molecule has 18 heavy (non-hydrogen) atoms. The number of phenolic OH excluding ortho intramolecular Hbond substituents is 2. The van der Waals surface area contributed by atoms with Gasteiger partial charge in [-0.1, -0.05) is 12.1 Å². The van der Waals surface area contributed by atoms with Gasteiger partial charge in [-0.25, -0.2) is 0 Å². The van der Waals surface area contributed by atoms with Crippen molar-refractivity contribution in [2.24, 2.45) is 0 Å². The summed E-state index contributed by atoms with van der Waals surface area (Å²) in [6, 6.07) is 13.0. The smallest absolute Gasteiger partial charge is 0.162 e. The van der Waals surface area contributed by atoms with Gasteiger partial charge in [0.2, 0.25) is 0 Å². The maximum atomic E-state index is 9.66. The molecule has 0 atom stereocenters. The summed E-state index contributed by atoms with van der Waals surface area (Å²) >= 11 is 1.70. The van der Waals surface area contributed by atoms with Crippen molar-refractivity contribution in [2.75, 3.05) is 11.6 Å². The number of benzene rings is 2. The normalized spacial score (nSPS) is 10.3. The van der Waals surface area contributed by atoms with E-state index in [9.17, 15) is 10.2 Å². The van der Waals surface area contributed by atoms with E-state index in [4.69, 9.17) is 0 Å². The molecule has 0 saturated heterocycles. The molecule has 0 saturated carbocycles. The number of para-hydroxylation sites is 1. The molecule has 94 valence electrons. The second-order valence-corrected chi connectivity index (χ2v) is 4.75. The minimum Gasteiger partial charge on any atom is -0.504 e. The van der Waals surface area contributed by atoms with Gasteiger partial charge in [0.15, 0.2) is 11.5 Å². The maximum Gasteiger partial charge on any atom is 0.162 e. The quantitative estimate of drug-likeness (QED) is 0.583. The van der Waals surface area contributed by atoms with Crippen LogP contribution in [0, 0.1) is 0 Å². The minimum atomic E-state index is -0.0907. The molecule has 0 aliphatic rings. The van der Waals surface area contributed by atoms with Crippen LogP contribution in [-0.4, -0.2) is 16.5 Å². The number of thioether (sulfide) groups is 1. The summed E-state index contributed by atoms with van der Waals surface area (Å²) in [7, 11) is 0. The SMILES string of the molecule is CSc1ccc(NCc2cccc(O)c2O)cc1. The van der Waals surface area contributed by atoms with Crippen LogP contribution in [-0.2, 0) is 6.54 Å². The highest BCUT2D eigenvalue weighted by atomic mass is 32.2. The molecule has 0 unspecified atom stereocenters. The largest absolute Gasteiger partial charge is 0.504 e. The first-order chi connectivity index (χ1) is 8.70. The summed E-state index contributed by atoms with van der Waals surface area (Å²) in [6.45, 7) is 0.471. The van der Waals surface area contributed by atoms with E-state index in [0.29, 0.717) is 12.1 Å². The first-order valence-corrected chi connectivity index (χ1v) is 6.81. The van der Waals surface area contributed by atoms with Gasteiger partial charge in [0, 0.05) is 22.7 Å². The zero-order valence-corrected chi connectivity index (χ0v) is 10.9. The summed E-state index contributed by atoms with van der Waals surface area (Å²) in [5.41, 5.74) is 1.65. The van der Waals surface area contributed by atoms with Crippen LogP contribution in [0.4, 0.5) is 5.69 Å². The topological polar surface area (TPSA) is 52.5 Å². The number of rotatable bonds is 4. The molecule has 0 aromatic heterocycles. The molecule has 0 spiro atoms. The Bertz CT molecular complexity index is 526. The Morgan fingerprint density at radius 3 is 2.44 bits per heavy atom. The van der Waals surface area contributed by atoms with E-state index in [1.165, 1.54) is 11.0 Å². The number of aromatic hydroxyl groups is 2. The van der Waals surface area contributed by atoms with E-state index in [1.807, 2.05) is 30.5 Å². The van der Waals surface area contributed by atoms with Gasteiger partial charge >= 0.3 is 0 Å². The number of nitrogens with one attached hydrogen (secondary N) is 1. The van der Waals surface area contributed by atoms with Crippen molar-refractivity contribution >= 4 is 17.4 Å². The molecule has 2 aromatic carbocycles.